The summed E-state index contributed by atoms with van der Waals surface area (Å²) in [4.78, 5) is 2.28. The van der Waals surface area contributed by atoms with Crippen molar-refractivity contribution in [3.63, 3.8) is 0 Å². The number of phenolic OH excluding ortho intramolecular Hbond substituents is 1. The van der Waals surface area contributed by atoms with E-state index in [4.69, 9.17) is 5.73 Å². The molecule has 0 saturated heterocycles. The standard InChI is InChI=1S/C11H16N2O/c12-5-7-13-6-4-9-2-1-3-11(14)10(9)8-13/h1-3,14H,4-8,12H2. The van der Waals surface area contributed by atoms with Crippen LogP contribution in [0.1, 0.15) is 11.1 Å². The van der Waals surface area contributed by atoms with Gasteiger partial charge in [-0.05, 0) is 18.1 Å². The molecule has 0 aromatic heterocycles. The fourth-order valence-corrected chi connectivity index (χ4v) is 1.99. The summed E-state index contributed by atoms with van der Waals surface area (Å²) in [6.45, 7) is 3.48. The van der Waals surface area contributed by atoms with Crippen LogP contribution < -0.4 is 5.73 Å². The first-order chi connectivity index (χ1) is 6.81. The molecule has 3 N–H and O–H groups in total. The van der Waals surface area contributed by atoms with E-state index in [9.17, 15) is 5.11 Å². The summed E-state index contributed by atoms with van der Waals surface area (Å²) < 4.78 is 0. The van der Waals surface area contributed by atoms with Gasteiger partial charge < -0.3 is 10.8 Å². The molecular formula is C11H16N2O. The Balaban J connectivity index is 2.20. The average Bonchev–Trinajstić information content (AvgIpc) is 2.20. The quantitative estimate of drug-likeness (QED) is 0.725. The van der Waals surface area contributed by atoms with Crippen molar-refractivity contribution in [2.45, 2.75) is 13.0 Å². The molecule has 0 aliphatic carbocycles. The van der Waals surface area contributed by atoms with E-state index in [0.29, 0.717) is 12.3 Å². The number of hydrogen-bond donors (Lipinski definition) is 2. The first-order valence-corrected chi connectivity index (χ1v) is 5.03. The maximum Gasteiger partial charge on any atom is 0.120 e. The molecule has 0 unspecified atom stereocenters. The Kier molecular flexibility index (Phi) is 2.70. The van der Waals surface area contributed by atoms with Crippen molar-refractivity contribution in [1.29, 1.82) is 0 Å². The zero-order valence-electron chi connectivity index (χ0n) is 8.24. The molecule has 0 amide bonds. The van der Waals surface area contributed by atoms with Gasteiger partial charge in [0.2, 0.25) is 0 Å². The van der Waals surface area contributed by atoms with Crippen molar-refractivity contribution in [3.8, 4) is 5.75 Å². The lowest BCUT2D eigenvalue weighted by molar-refractivity contribution is 0.256. The molecule has 76 valence electrons. The molecule has 1 aromatic rings. The van der Waals surface area contributed by atoms with Crippen molar-refractivity contribution < 1.29 is 5.11 Å². The van der Waals surface area contributed by atoms with Crippen LogP contribution in [0.3, 0.4) is 0 Å². The first-order valence-electron chi connectivity index (χ1n) is 5.03. The molecule has 3 heteroatoms. The Hall–Kier alpha value is -1.06. The Bertz CT molecular complexity index is 325. The van der Waals surface area contributed by atoms with Crippen molar-refractivity contribution in [2.24, 2.45) is 5.73 Å². The first kappa shape index (κ1) is 9.49. The van der Waals surface area contributed by atoms with Crippen LogP contribution in [0.25, 0.3) is 0 Å². The molecule has 0 radical (unpaired) electrons. The lowest BCUT2D eigenvalue weighted by atomic mass is 9.99. The zero-order valence-corrected chi connectivity index (χ0v) is 8.24. The van der Waals surface area contributed by atoms with Gasteiger partial charge in [-0.1, -0.05) is 12.1 Å². The van der Waals surface area contributed by atoms with Crippen molar-refractivity contribution in [1.82, 2.24) is 4.90 Å². The highest BCUT2D eigenvalue weighted by Gasteiger charge is 2.17. The van der Waals surface area contributed by atoms with Crippen LogP contribution in [0.5, 0.6) is 5.75 Å². The number of benzene rings is 1. The maximum absolute atomic E-state index is 9.68. The monoisotopic (exact) mass is 192 g/mol. The normalized spacial score (nSPS) is 16.6. The summed E-state index contributed by atoms with van der Waals surface area (Å²) in [5.41, 5.74) is 7.87. The molecule has 1 aliphatic rings. The molecule has 2 rings (SSSR count). The van der Waals surface area contributed by atoms with Gasteiger partial charge >= 0.3 is 0 Å². The second-order valence-corrected chi connectivity index (χ2v) is 3.73. The van der Waals surface area contributed by atoms with Crippen molar-refractivity contribution >= 4 is 0 Å². The third kappa shape index (κ3) is 1.74. The Morgan fingerprint density at radius 2 is 2.29 bits per heavy atom. The summed E-state index contributed by atoms with van der Waals surface area (Å²) in [7, 11) is 0. The topological polar surface area (TPSA) is 49.5 Å². The summed E-state index contributed by atoms with van der Waals surface area (Å²) >= 11 is 0. The van der Waals surface area contributed by atoms with E-state index in [1.165, 1.54) is 5.56 Å². The molecule has 0 atom stereocenters. The van der Waals surface area contributed by atoms with E-state index >= 15 is 0 Å². The van der Waals surface area contributed by atoms with Crippen LogP contribution >= 0.6 is 0 Å². The largest absolute Gasteiger partial charge is 0.508 e. The highest BCUT2D eigenvalue weighted by molar-refractivity contribution is 5.40. The van der Waals surface area contributed by atoms with Gasteiger partial charge in [-0.2, -0.15) is 0 Å². The Morgan fingerprint density at radius 1 is 1.43 bits per heavy atom. The highest BCUT2D eigenvalue weighted by Crippen LogP contribution is 2.26. The molecule has 0 fully saturated rings. The minimum absolute atomic E-state index is 0.421. The molecule has 0 bridgehead atoms. The summed E-state index contributed by atoms with van der Waals surface area (Å²) in [6, 6.07) is 5.76. The summed E-state index contributed by atoms with van der Waals surface area (Å²) in [6.07, 6.45) is 1.02. The Labute approximate surface area is 84.1 Å². The van der Waals surface area contributed by atoms with E-state index < -0.39 is 0 Å². The minimum Gasteiger partial charge on any atom is -0.508 e. The lowest BCUT2D eigenvalue weighted by Gasteiger charge is -2.28. The molecule has 1 heterocycles. The molecular weight excluding hydrogens is 176 g/mol. The summed E-state index contributed by atoms with van der Waals surface area (Å²) in [5.74, 6) is 0.421. The van der Waals surface area contributed by atoms with E-state index in [0.717, 1.165) is 31.6 Å². The van der Waals surface area contributed by atoms with Crippen LogP contribution in [-0.2, 0) is 13.0 Å². The van der Waals surface area contributed by atoms with Gasteiger partial charge in [0.15, 0.2) is 0 Å². The Morgan fingerprint density at radius 3 is 3.07 bits per heavy atom. The van der Waals surface area contributed by atoms with E-state index in [1.807, 2.05) is 6.07 Å². The van der Waals surface area contributed by atoms with Gasteiger partial charge in [-0.15, -0.1) is 0 Å². The molecule has 14 heavy (non-hydrogen) atoms. The second-order valence-electron chi connectivity index (χ2n) is 3.73. The number of fused-ring (bicyclic) bond motifs is 1. The maximum atomic E-state index is 9.68. The SMILES string of the molecule is NCCN1CCc2cccc(O)c2C1. The van der Waals surface area contributed by atoms with Crippen molar-refractivity contribution in [2.75, 3.05) is 19.6 Å². The van der Waals surface area contributed by atoms with Crippen LogP contribution in [0.4, 0.5) is 0 Å². The van der Waals surface area contributed by atoms with E-state index in [1.54, 1.807) is 6.07 Å². The minimum atomic E-state index is 0.421. The molecule has 1 aromatic carbocycles. The number of nitrogens with two attached hydrogens (primary N) is 1. The van der Waals surface area contributed by atoms with E-state index in [-0.39, 0.29) is 0 Å². The van der Waals surface area contributed by atoms with Gasteiger partial charge in [0.05, 0.1) is 0 Å². The molecule has 0 spiro atoms. The lowest BCUT2D eigenvalue weighted by Crippen LogP contribution is -2.34. The fourth-order valence-electron chi connectivity index (χ4n) is 1.99. The van der Waals surface area contributed by atoms with Gasteiger partial charge in [0.25, 0.3) is 0 Å². The average molecular weight is 192 g/mol. The van der Waals surface area contributed by atoms with Gasteiger partial charge in [-0.25, -0.2) is 0 Å². The number of rotatable bonds is 2. The van der Waals surface area contributed by atoms with Crippen LogP contribution in [0.2, 0.25) is 0 Å². The third-order valence-electron chi connectivity index (χ3n) is 2.77. The summed E-state index contributed by atoms with van der Waals surface area (Å²) in [5, 5.41) is 9.68. The van der Waals surface area contributed by atoms with E-state index in [2.05, 4.69) is 11.0 Å². The molecule has 1 aliphatic heterocycles. The number of nitrogens with zero attached hydrogens (tertiary/aromatic N) is 1. The predicted molar refractivity (Wildman–Crippen MR) is 56.1 cm³/mol. The molecule has 0 saturated carbocycles. The van der Waals surface area contributed by atoms with Gasteiger partial charge in [-0.3, -0.25) is 4.90 Å². The number of phenols is 1. The smallest absolute Gasteiger partial charge is 0.120 e. The molecule has 3 nitrogen and oxygen atoms in total. The fraction of sp³-hybridized carbons (Fsp3) is 0.455. The van der Waals surface area contributed by atoms with Crippen molar-refractivity contribution in [3.05, 3.63) is 29.3 Å². The number of aromatic hydroxyl groups is 1. The van der Waals surface area contributed by atoms with Gasteiger partial charge in [0, 0.05) is 31.7 Å². The number of hydrogen-bond acceptors (Lipinski definition) is 3. The van der Waals surface area contributed by atoms with Crippen LogP contribution in [-0.4, -0.2) is 29.6 Å². The highest BCUT2D eigenvalue weighted by atomic mass is 16.3. The predicted octanol–water partition coefficient (Wildman–Crippen LogP) is 0.709. The van der Waals surface area contributed by atoms with Gasteiger partial charge in [0.1, 0.15) is 5.75 Å². The zero-order chi connectivity index (χ0) is 9.97. The van der Waals surface area contributed by atoms with Crippen LogP contribution in [0.15, 0.2) is 18.2 Å². The second kappa shape index (κ2) is 3.98. The third-order valence-corrected chi connectivity index (χ3v) is 2.77. The van der Waals surface area contributed by atoms with Crippen LogP contribution in [0, 0.1) is 0 Å².